The number of pyridine rings is 1. The summed E-state index contributed by atoms with van der Waals surface area (Å²) in [6.45, 7) is 5.13. The van der Waals surface area contributed by atoms with Crippen LogP contribution in [0.3, 0.4) is 0 Å². The fourth-order valence-corrected chi connectivity index (χ4v) is 4.72. The summed E-state index contributed by atoms with van der Waals surface area (Å²) in [6.07, 6.45) is 1.14. The van der Waals surface area contributed by atoms with E-state index in [1.807, 2.05) is 47.9 Å². The molecule has 0 N–H and O–H groups in total. The van der Waals surface area contributed by atoms with Gasteiger partial charge in [0.2, 0.25) is 0 Å². The van der Waals surface area contributed by atoms with Crippen LogP contribution in [0.2, 0.25) is 5.02 Å². The summed E-state index contributed by atoms with van der Waals surface area (Å²) < 4.78 is 18.7. The van der Waals surface area contributed by atoms with Gasteiger partial charge in [-0.1, -0.05) is 30.7 Å². The van der Waals surface area contributed by atoms with Crippen LogP contribution in [0.4, 0.5) is 14.9 Å². The Kier molecular flexibility index (Phi) is 7.49. The van der Waals surface area contributed by atoms with Crippen molar-refractivity contribution in [2.45, 2.75) is 33.0 Å². The highest BCUT2D eigenvalue weighted by Crippen LogP contribution is 2.28. The number of halogens is 2. The minimum Gasteiger partial charge on any atom is -0.416 e. The lowest BCUT2D eigenvalue weighted by Gasteiger charge is -2.33. The Morgan fingerprint density at radius 2 is 2.06 bits per heavy atom. The molecule has 0 aliphatic carbocycles. The van der Waals surface area contributed by atoms with Gasteiger partial charge in [0.25, 0.3) is 11.8 Å². The molecule has 3 heterocycles. The number of hydrogen-bond acceptors (Lipinski definition) is 6. The number of amides is 2. The minimum absolute atomic E-state index is 0.0573. The molecule has 1 atom stereocenters. The Labute approximate surface area is 201 Å². The molecule has 4 rings (SSSR count). The van der Waals surface area contributed by atoms with Gasteiger partial charge in [-0.3, -0.25) is 9.88 Å². The van der Waals surface area contributed by atoms with Crippen molar-refractivity contribution in [3.8, 4) is 11.6 Å². The van der Waals surface area contributed by atoms with Crippen LogP contribution in [-0.2, 0) is 13.0 Å². The maximum atomic E-state index is 13.4. The summed E-state index contributed by atoms with van der Waals surface area (Å²) in [5.74, 6) is 1.92. The van der Waals surface area contributed by atoms with Crippen LogP contribution in [0.1, 0.15) is 37.0 Å². The molecule has 1 aliphatic heterocycles. The van der Waals surface area contributed by atoms with Crippen molar-refractivity contribution in [3.63, 3.8) is 0 Å². The van der Waals surface area contributed by atoms with Crippen LogP contribution in [0, 0.1) is 0 Å². The second kappa shape index (κ2) is 10.5. The second-order valence-corrected chi connectivity index (χ2v) is 9.34. The number of thioether (sulfide) groups is 1. The zero-order chi connectivity index (χ0) is 23.4. The highest BCUT2D eigenvalue weighted by atomic mass is 35.5. The van der Waals surface area contributed by atoms with Gasteiger partial charge in [-0.15, -0.1) is 10.2 Å². The Morgan fingerprint density at radius 1 is 1.27 bits per heavy atom. The summed E-state index contributed by atoms with van der Waals surface area (Å²) in [4.78, 5) is 21.4. The third-order valence-corrected chi connectivity index (χ3v) is 6.70. The average Bonchev–Trinajstić information content (AvgIpc) is 3.34. The summed E-state index contributed by atoms with van der Waals surface area (Å²) in [5.41, 5.74) is 3.05. The summed E-state index contributed by atoms with van der Waals surface area (Å²) >= 11 is 8.31. The molecular formula is C23H25ClFN5O2S. The average molecular weight is 490 g/mol. The van der Waals surface area contributed by atoms with E-state index in [-0.39, 0.29) is 17.8 Å². The van der Waals surface area contributed by atoms with E-state index in [9.17, 15) is 9.18 Å². The molecule has 1 aliphatic rings. The third kappa shape index (κ3) is 5.47. The minimum atomic E-state index is -1.34. The molecule has 3 aromatic rings. The predicted molar refractivity (Wildman–Crippen MR) is 128 cm³/mol. The van der Waals surface area contributed by atoms with E-state index in [0.717, 1.165) is 34.7 Å². The van der Waals surface area contributed by atoms with Gasteiger partial charge < -0.3 is 9.32 Å². The van der Waals surface area contributed by atoms with Gasteiger partial charge in [-0.2, -0.15) is 11.8 Å². The van der Waals surface area contributed by atoms with Crippen LogP contribution in [0.15, 0.2) is 40.9 Å². The quantitative estimate of drug-likeness (QED) is 0.451. The number of nitrogens with zero attached hydrogens (tertiary/aromatic N) is 5. The normalized spacial score (nSPS) is 14.8. The molecule has 2 amide bonds. The van der Waals surface area contributed by atoms with Crippen LogP contribution in [0.25, 0.3) is 11.6 Å². The maximum absolute atomic E-state index is 13.4. The molecule has 1 aromatic carbocycles. The largest absolute Gasteiger partial charge is 0.416 e. The molecule has 174 valence electrons. The molecule has 2 aromatic heterocycles. The second-order valence-electron chi connectivity index (χ2n) is 7.71. The molecule has 0 saturated carbocycles. The van der Waals surface area contributed by atoms with Crippen LogP contribution in [0.5, 0.6) is 0 Å². The van der Waals surface area contributed by atoms with Gasteiger partial charge in [-0.25, -0.2) is 9.18 Å². The molecule has 10 heteroatoms. The van der Waals surface area contributed by atoms with Crippen molar-refractivity contribution in [1.82, 2.24) is 20.1 Å². The van der Waals surface area contributed by atoms with Crippen molar-refractivity contribution < 1.29 is 13.6 Å². The number of aromatic nitrogens is 3. The first kappa shape index (κ1) is 23.5. The highest BCUT2D eigenvalue weighted by molar-refractivity contribution is 7.99. The third-order valence-electron chi connectivity index (χ3n) is 5.41. The number of urea groups is 1. The Balaban J connectivity index is 1.59. The number of alkyl halides is 1. The zero-order valence-electron chi connectivity index (χ0n) is 18.5. The molecule has 0 spiro atoms. The lowest BCUT2D eigenvalue weighted by atomic mass is 10.1. The molecule has 1 fully saturated rings. The first-order valence-corrected chi connectivity index (χ1v) is 12.3. The van der Waals surface area contributed by atoms with Gasteiger partial charge in [0, 0.05) is 41.5 Å². The molecule has 0 bridgehead atoms. The van der Waals surface area contributed by atoms with E-state index in [4.69, 9.17) is 16.0 Å². The standard InChI is InChI=1S/C23H25ClFN5O2S/c1-3-17-5-6-18(12-19(17)24)30(23(31)29-8-10-33-11-9-29)14-16-4-7-20(26-13-16)22-28-27-21(32-22)15(2)25/h4-7,12-13,15H,3,8-11,14H2,1-2H3. The SMILES string of the molecule is CCc1ccc(N(Cc2ccc(-c3nnc(C(C)F)o3)nc2)C(=O)N2CCSCC2)cc1Cl. The number of benzene rings is 1. The van der Waals surface area contributed by atoms with Gasteiger partial charge in [0.1, 0.15) is 5.69 Å². The predicted octanol–water partition coefficient (Wildman–Crippen LogP) is 5.55. The van der Waals surface area contributed by atoms with Gasteiger partial charge in [0.15, 0.2) is 6.17 Å². The Bertz CT molecular complexity index is 1100. The number of carbonyl (C=O) groups is 1. The number of aryl methyl sites for hydroxylation is 1. The molecule has 1 saturated heterocycles. The van der Waals surface area contributed by atoms with Gasteiger partial charge in [0.05, 0.1) is 6.54 Å². The smallest absolute Gasteiger partial charge is 0.324 e. The van der Waals surface area contributed by atoms with E-state index < -0.39 is 6.17 Å². The molecule has 7 nitrogen and oxygen atoms in total. The van der Waals surface area contributed by atoms with Crippen molar-refractivity contribution >= 4 is 35.1 Å². The Hall–Kier alpha value is -2.65. The Morgan fingerprint density at radius 3 is 2.67 bits per heavy atom. The monoisotopic (exact) mass is 489 g/mol. The summed E-state index contributed by atoms with van der Waals surface area (Å²) in [6, 6.07) is 9.25. The first-order valence-electron chi connectivity index (χ1n) is 10.8. The zero-order valence-corrected chi connectivity index (χ0v) is 20.1. The lowest BCUT2D eigenvalue weighted by Crippen LogP contribution is -2.46. The topological polar surface area (TPSA) is 75.4 Å². The van der Waals surface area contributed by atoms with Crippen molar-refractivity contribution in [3.05, 3.63) is 58.6 Å². The first-order chi connectivity index (χ1) is 16.0. The van der Waals surface area contributed by atoms with E-state index in [2.05, 4.69) is 15.2 Å². The summed E-state index contributed by atoms with van der Waals surface area (Å²) in [5, 5.41) is 8.19. The fraction of sp³-hybridized carbons (Fsp3) is 0.391. The fourth-order valence-electron chi connectivity index (χ4n) is 3.51. The van der Waals surface area contributed by atoms with Crippen molar-refractivity contribution in [2.24, 2.45) is 0 Å². The number of hydrogen-bond donors (Lipinski definition) is 0. The van der Waals surface area contributed by atoms with Crippen molar-refractivity contribution in [1.29, 1.82) is 0 Å². The molecule has 0 radical (unpaired) electrons. The highest BCUT2D eigenvalue weighted by Gasteiger charge is 2.25. The van der Waals surface area contributed by atoms with Crippen LogP contribution in [-0.4, -0.2) is 50.7 Å². The number of anilines is 1. The molecular weight excluding hydrogens is 465 g/mol. The number of rotatable bonds is 6. The van der Waals surface area contributed by atoms with Crippen LogP contribution < -0.4 is 4.90 Å². The van der Waals surface area contributed by atoms with Gasteiger partial charge >= 0.3 is 6.03 Å². The van der Waals surface area contributed by atoms with Crippen LogP contribution >= 0.6 is 23.4 Å². The van der Waals surface area contributed by atoms with E-state index >= 15 is 0 Å². The van der Waals surface area contributed by atoms with E-state index in [0.29, 0.717) is 30.4 Å². The van der Waals surface area contributed by atoms with E-state index in [1.54, 1.807) is 17.2 Å². The molecule has 1 unspecified atom stereocenters. The molecule has 33 heavy (non-hydrogen) atoms. The lowest BCUT2D eigenvalue weighted by molar-refractivity contribution is 0.209. The van der Waals surface area contributed by atoms with Crippen molar-refractivity contribution in [2.75, 3.05) is 29.5 Å². The maximum Gasteiger partial charge on any atom is 0.324 e. The number of carbonyl (C=O) groups excluding carboxylic acids is 1. The van der Waals surface area contributed by atoms with E-state index in [1.165, 1.54) is 6.92 Å². The summed E-state index contributed by atoms with van der Waals surface area (Å²) in [7, 11) is 0. The van der Waals surface area contributed by atoms with Gasteiger partial charge in [-0.05, 0) is 42.7 Å².